The molecule has 0 bridgehead atoms. The van der Waals surface area contributed by atoms with Crippen LogP contribution in [0.4, 0.5) is 11.6 Å². The van der Waals surface area contributed by atoms with Crippen LogP contribution in [0.15, 0.2) is 27.4 Å². The maximum absolute atomic E-state index is 5.31. The maximum atomic E-state index is 5.31. The van der Waals surface area contributed by atoms with Crippen LogP contribution in [0.1, 0.15) is 18.6 Å². The topological polar surface area (TPSA) is 102 Å². The van der Waals surface area contributed by atoms with Crippen LogP contribution in [0, 0.1) is 0 Å². The number of hydrogen-bond acceptors (Lipinski definition) is 8. The summed E-state index contributed by atoms with van der Waals surface area (Å²) in [7, 11) is 0. The van der Waals surface area contributed by atoms with E-state index in [-0.39, 0.29) is 0 Å². The van der Waals surface area contributed by atoms with Gasteiger partial charge in [0.2, 0.25) is 11.3 Å². The molecule has 0 spiro atoms. The summed E-state index contributed by atoms with van der Waals surface area (Å²) in [6.45, 7) is 0.693. The Balaban J connectivity index is 1.53. The molecule has 0 saturated heterocycles. The molecular weight excluding hydrogens is 272 g/mol. The minimum absolute atomic E-state index is 0.400. The van der Waals surface area contributed by atoms with Gasteiger partial charge in [-0.2, -0.15) is 0 Å². The lowest BCUT2D eigenvalue weighted by atomic mass is 10.3. The van der Waals surface area contributed by atoms with Crippen molar-refractivity contribution in [1.82, 2.24) is 20.3 Å². The van der Waals surface area contributed by atoms with Gasteiger partial charge in [-0.05, 0) is 35.3 Å². The standard InChI is InChI=1S/C13H14N6O2/c1-2-9(20-7-1)5-6-14-10-11(15-8-3-4-8)17-13-12(16-10)18-21-19-13/h1-2,7-8H,3-6H2,(H,14,16,18)(H,15,17,19). The van der Waals surface area contributed by atoms with Gasteiger partial charge in [-0.15, -0.1) is 0 Å². The van der Waals surface area contributed by atoms with Crippen molar-refractivity contribution in [2.75, 3.05) is 17.2 Å². The van der Waals surface area contributed by atoms with Gasteiger partial charge in [-0.25, -0.2) is 14.6 Å². The number of nitrogens with one attached hydrogen (secondary N) is 2. The third kappa shape index (κ3) is 2.64. The van der Waals surface area contributed by atoms with Crippen LogP contribution in [0.3, 0.4) is 0 Å². The van der Waals surface area contributed by atoms with Gasteiger partial charge < -0.3 is 15.1 Å². The Labute approximate surface area is 119 Å². The van der Waals surface area contributed by atoms with E-state index in [0.717, 1.165) is 25.0 Å². The molecule has 0 atom stereocenters. The van der Waals surface area contributed by atoms with Gasteiger partial charge in [0.1, 0.15) is 5.76 Å². The van der Waals surface area contributed by atoms with Crippen molar-refractivity contribution in [2.24, 2.45) is 0 Å². The minimum atomic E-state index is 0.400. The van der Waals surface area contributed by atoms with Gasteiger partial charge in [-0.3, -0.25) is 0 Å². The van der Waals surface area contributed by atoms with E-state index in [2.05, 4.69) is 35.5 Å². The van der Waals surface area contributed by atoms with Gasteiger partial charge in [0.25, 0.3) is 0 Å². The highest BCUT2D eigenvalue weighted by Gasteiger charge is 2.24. The molecule has 0 aromatic carbocycles. The minimum Gasteiger partial charge on any atom is -0.469 e. The van der Waals surface area contributed by atoms with E-state index in [1.54, 1.807) is 6.26 Å². The van der Waals surface area contributed by atoms with E-state index in [0.29, 0.717) is 35.5 Å². The van der Waals surface area contributed by atoms with Crippen molar-refractivity contribution < 1.29 is 9.05 Å². The van der Waals surface area contributed by atoms with Crippen molar-refractivity contribution in [3.05, 3.63) is 24.2 Å². The number of aromatic nitrogens is 4. The van der Waals surface area contributed by atoms with E-state index in [1.807, 2.05) is 12.1 Å². The van der Waals surface area contributed by atoms with Crippen LogP contribution in [0.5, 0.6) is 0 Å². The Morgan fingerprint density at radius 3 is 2.67 bits per heavy atom. The highest BCUT2D eigenvalue weighted by molar-refractivity contribution is 5.73. The fourth-order valence-electron chi connectivity index (χ4n) is 2.04. The Hall–Kier alpha value is -2.64. The predicted molar refractivity (Wildman–Crippen MR) is 74.9 cm³/mol. The first-order valence-electron chi connectivity index (χ1n) is 6.91. The van der Waals surface area contributed by atoms with Crippen molar-refractivity contribution in [2.45, 2.75) is 25.3 Å². The SMILES string of the molecule is c1coc(CCNc2nc3nonc3nc2NC2CC2)c1. The van der Waals surface area contributed by atoms with E-state index in [4.69, 9.17) is 4.42 Å². The number of fused-ring (bicyclic) bond motifs is 1. The van der Waals surface area contributed by atoms with Crippen LogP contribution < -0.4 is 10.6 Å². The highest BCUT2D eigenvalue weighted by Crippen LogP contribution is 2.28. The molecule has 8 heteroatoms. The highest BCUT2D eigenvalue weighted by atomic mass is 16.6. The summed E-state index contributed by atoms with van der Waals surface area (Å²) >= 11 is 0. The molecule has 4 rings (SSSR count). The van der Waals surface area contributed by atoms with E-state index < -0.39 is 0 Å². The fourth-order valence-corrected chi connectivity index (χ4v) is 2.04. The van der Waals surface area contributed by atoms with Crippen LogP contribution in [0.25, 0.3) is 11.3 Å². The second kappa shape index (κ2) is 5.04. The van der Waals surface area contributed by atoms with Gasteiger partial charge in [-0.1, -0.05) is 0 Å². The largest absolute Gasteiger partial charge is 0.469 e. The van der Waals surface area contributed by atoms with Gasteiger partial charge >= 0.3 is 0 Å². The first kappa shape index (κ1) is 12.1. The van der Waals surface area contributed by atoms with Crippen LogP contribution in [0.2, 0.25) is 0 Å². The van der Waals surface area contributed by atoms with Crippen molar-refractivity contribution in [3.63, 3.8) is 0 Å². The summed E-state index contributed by atoms with van der Waals surface area (Å²) in [5, 5.41) is 14.1. The molecule has 21 heavy (non-hydrogen) atoms. The predicted octanol–water partition coefficient (Wildman–Crippen LogP) is 1.83. The second-order valence-corrected chi connectivity index (χ2v) is 5.01. The summed E-state index contributed by atoms with van der Waals surface area (Å²) in [5.74, 6) is 2.29. The monoisotopic (exact) mass is 286 g/mol. The first-order chi connectivity index (χ1) is 10.4. The number of anilines is 2. The first-order valence-corrected chi connectivity index (χ1v) is 6.91. The smallest absolute Gasteiger partial charge is 0.245 e. The molecule has 0 radical (unpaired) electrons. The van der Waals surface area contributed by atoms with Gasteiger partial charge in [0.15, 0.2) is 11.6 Å². The van der Waals surface area contributed by atoms with Crippen molar-refractivity contribution in [3.8, 4) is 0 Å². The molecule has 1 saturated carbocycles. The number of rotatable bonds is 6. The molecule has 3 aromatic heterocycles. The molecule has 0 unspecified atom stereocenters. The molecule has 8 nitrogen and oxygen atoms in total. The Morgan fingerprint density at radius 2 is 1.95 bits per heavy atom. The Morgan fingerprint density at radius 1 is 1.14 bits per heavy atom. The van der Waals surface area contributed by atoms with Crippen LogP contribution >= 0.6 is 0 Å². The molecular formula is C13H14N6O2. The zero-order valence-corrected chi connectivity index (χ0v) is 11.2. The maximum Gasteiger partial charge on any atom is 0.245 e. The summed E-state index contributed by atoms with van der Waals surface area (Å²) < 4.78 is 9.97. The lowest BCUT2D eigenvalue weighted by Gasteiger charge is -2.10. The lowest BCUT2D eigenvalue weighted by molar-refractivity contribution is 0.314. The molecule has 3 heterocycles. The van der Waals surface area contributed by atoms with Crippen molar-refractivity contribution in [1.29, 1.82) is 0 Å². The molecule has 0 amide bonds. The third-order valence-electron chi connectivity index (χ3n) is 3.28. The summed E-state index contributed by atoms with van der Waals surface area (Å²) in [5.41, 5.74) is 0.812. The molecule has 1 aliphatic carbocycles. The van der Waals surface area contributed by atoms with Gasteiger partial charge in [0, 0.05) is 19.0 Å². The molecule has 0 aliphatic heterocycles. The quantitative estimate of drug-likeness (QED) is 0.707. The summed E-state index contributed by atoms with van der Waals surface area (Å²) in [4.78, 5) is 8.80. The average molecular weight is 286 g/mol. The lowest BCUT2D eigenvalue weighted by Crippen LogP contribution is -2.12. The van der Waals surface area contributed by atoms with Crippen molar-refractivity contribution >= 4 is 22.9 Å². The van der Waals surface area contributed by atoms with E-state index in [9.17, 15) is 0 Å². The average Bonchev–Trinajstić information content (AvgIpc) is 2.98. The summed E-state index contributed by atoms with van der Waals surface area (Å²) in [6, 6.07) is 4.30. The summed E-state index contributed by atoms with van der Waals surface area (Å²) in [6.07, 6.45) is 4.75. The number of nitrogens with zero attached hydrogens (tertiary/aromatic N) is 4. The van der Waals surface area contributed by atoms with Gasteiger partial charge in [0.05, 0.1) is 6.26 Å². The molecule has 2 N–H and O–H groups in total. The van der Waals surface area contributed by atoms with E-state index >= 15 is 0 Å². The fraction of sp³-hybridized carbons (Fsp3) is 0.385. The zero-order valence-electron chi connectivity index (χ0n) is 11.2. The molecule has 3 aromatic rings. The number of hydrogen-bond donors (Lipinski definition) is 2. The third-order valence-corrected chi connectivity index (χ3v) is 3.28. The van der Waals surface area contributed by atoms with E-state index in [1.165, 1.54) is 0 Å². The van der Waals surface area contributed by atoms with Crippen LogP contribution in [-0.2, 0) is 6.42 Å². The Bertz CT molecular complexity index is 734. The second-order valence-electron chi connectivity index (χ2n) is 5.01. The molecule has 1 fully saturated rings. The van der Waals surface area contributed by atoms with Crippen LogP contribution in [-0.4, -0.2) is 32.9 Å². The Kier molecular flexibility index (Phi) is 2.91. The normalized spacial score (nSPS) is 14.5. The molecule has 1 aliphatic rings. The molecule has 108 valence electrons. The zero-order chi connectivity index (χ0) is 14.1. The number of furan rings is 1.